The second-order valence-electron chi connectivity index (χ2n) is 5.47. The average Bonchev–Trinajstić information content (AvgIpc) is 2.87. The third kappa shape index (κ3) is 2.45. The molecule has 1 aromatic heterocycles. The van der Waals surface area contributed by atoms with E-state index >= 15 is 0 Å². The fourth-order valence-electron chi connectivity index (χ4n) is 2.92. The summed E-state index contributed by atoms with van der Waals surface area (Å²) in [4.78, 5) is 13.6. The Hall–Kier alpha value is -2.14. The molecule has 0 radical (unpaired) electrons. The minimum absolute atomic E-state index is 0.104. The molecule has 1 aliphatic rings. The Morgan fingerprint density at radius 2 is 2.19 bits per heavy atom. The van der Waals surface area contributed by atoms with Crippen molar-refractivity contribution in [2.45, 2.75) is 26.3 Å². The van der Waals surface area contributed by atoms with E-state index < -0.39 is 0 Å². The predicted molar refractivity (Wildman–Crippen MR) is 82.9 cm³/mol. The van der Waals surface area contributed by atoms with Gasteiger partial charge in [-0.3, -0.25) is 9.48 Å². The Bertz CT molecular complexity index is 690. The predicted octanol–water partition coefficient (Wildman–Crippen LogP) is 1.84. The molecule has 0 unspecified atom stereocenters. The summed E-state index contributed by atoms with van der Waals surface area (Å²) >= 11 is 0. The Kier molecular flexibility index (Phi) is 3.51. The molecule has 3 rings (SSSR count). The van der Waals surface area contributed by atoms with Crippen LogP contribution in [-0.2, 0) is 24.8 Å². The number of benzene rings is 1. The Balaban J connectivity index is 2.01. The SMILES string of the molecule is CC(=O)N1CCCc2cc(-c3cc(CN)n(C)n3)ccc21. The van der Waals surface area contributed by atoms with Crippen molar-refractivity contribution < 1.29 is 4.79 Å². The van der Waals surface area contributed by atoms with Crippen LogP contribution in [0.4, 0.5) is 5.69 Å². The summed E-state index contributed by atoms with van der Waals surface area (Å²) in [6.45, 7) is 2.91. The number of carbonyl (C=O) groups excluding carboxylic acids is 1. The number of aryl methyl sites for hydroxylation is 2. The van der Waals surface area contributed by atoms with Crippen LogP contribution in [-0.4, -0.2) is 22.2 Å². The number of rotatable bonds is 2. The summed E-state index contributed by atoms with van der Waals surface area (Å²) in [5, 5.41) is 4.51. The third-order valence-electron chi connectivity index (χ3n) is 4.06. The molecule has 5 heteroatoms. The molecule has 110 valence electrons. The van der Waals surface area contributed by atoms with Crippen molar-refractivity contribution in [2.75, 3.05) is 11.4 Å². The van der Waals surface area contributed by atoms with Crippen LogP contribution in [0.15, 0.2) is 24.3 Å². The van der Waals surface area contributed by atoms with E-state index in [0.717, 1.165) is 42.0 Å². The van der Waals surface area contributed by atoms with Crippen LogP contribution in [0, 0.1) is 0 Å². The molecule has 1 amide bonds. The molecule has 0 fully saturated rings. The van der Waals surface area contributed by atoms with Gasteiger partial charge in [-0.05, 0) is 36.6 Å². The van der Waals surface area contributed by atoms with Gasteiger partial charge in [-0.1, -0.05) is 6.07 Å². The van der Waals surface area contributed by atoms with Gasteiger partial charge in [0, 0.05) is 38.3 Å². The van der Waals surface area contributed by atoms with E-state index in [-0.39, 0.29) is 5.91 Å². The van der Waals surface area contributed by atoms with Crippen molar-refractivity contribution in [3.8, 4) is 11.3 Å². The van der Waals surface area contributed by atoms with Crippen molar-refractivity contribution in [1.82, 2.24) is 9.78 Å². The van der Waals surface area contributed by atoms with Gasteiger partial charge in [0.25, 0.3) is 0 Å². The van der Waals surface area contributed by atoms with E-state index in [0.29, 0.717) is 6.54 Å². The molecule has 0 saturated carbocycles. The van der Waals surface area contributed by atoms with Crippen LogP contribution in [0.3, 0.4) is 0 Å². The first-order valence-electron chi connectivity index (χ1n) is 7.24. The highest BCUT2D eigenvalue weighted by atomic mass is 16.2. The Morgan fingerprint density at radius 1 is 1.38 bits per heavy atom. The average molecular weight is 284 g/mol. The first kappa shape index (κ1) is 13.8. The maximum absolute atomic E-state index is 11.7. The van der Waals surface area contributed by atoms with Gasteiger partial charge in [-0.25, -0.2) is 0 Å². The van der Waals surface area contributed by atoms with E-state index in [2.05, 4.69) is 11.2 Å². The highest BCUT2D eigenvalue weighted by Crippen LogP contribution is 2.31. The topological polar surface area (TPSA) is 64.2 Å². The molecule has 5 nitrogen and oxygen atoms in total. The highest BCUT2D eigenvalue weighted by Gasteiger charge is 2.20. The molecule has 1 aromatic carbocycles. The quantitative estimate of drug-likeness (QED) is 0.915. The summed E-state index contributed by atoms with van der Waals surface area (Å²) in [5.41, 5.74) is 11.0. The minimum Gasteiger partial charge on any atom is -0.325 e. The molecule has 0 bridgehead atoms. The molecule has 2 aromatic rings. The van der Waals surface area contributed by atoms with Crippen molar-refractivity contribution in [2.24, 2.45) is 12.8 Å². The summed E-state index contributed by atoms with van der Waals surface area (Å²) < 4.78 is 1.82. The Labute approximate surface area is 124 Å². The van der Waals surface area contributed by atoms with Gasteiger partial charge in [-0.2, -0.15) is 5.10 Å². The van der Waals surface area contributed by atoms with Gasteiger partial charge in [-0.15, -0.1) is 0 Å². The molecule has 21 heavy (non-hydrogen) atoms. The number of aromatic nitrogens is 2. The highest BCUT2D eigenvalue weighted by molar-refractivity contribution is 5.93. The van der Waals surface area contributed by atoms with E-state index in [4.69, 9.17) is 5.73 Å². The molecule has 2 N–H and O–H groups in total. The lowest BCUT2D eigenvalue weighted by Gasteiger charge is -2.28. The normalized spacial score (nSPS) is 14.1. The van der Waals surface area contributed by atoms with E-state index in [1.165, 1.54) is 5.56 Å². The number of hydrogen-bond donors (Lipinski definition) is 1. The maximum Gasteiger partial charge on any atom is 0.223 e. The third-order valence-corrected chi connectivity index (χ3v) is 4.06. The molecular weight excluding hydrogens is 264 g/mol. The summed E-state index contributed by atoms with van der Waals surface area (Å²) in [5.74, 6) is 0.104. The van der Waals surface area contributed by atoms with Crippen LogP contribution in [0.25, 0.3) is 11.3 Å². The molecule has 2 heterocycles. The number of carbonyl (C=O) groups is 1. The monoisotopic (exact) mass is 284 g/mol. The summed E-state index contributed by atoms with van der Waals surface area (Å²) in [7, 11) is 1.90. The summed E-state index contributed by atoms with van der Waals surface area (Å²) in [6, 6.07) is 8.23. The van der Waals surface area contributed by atoms with Crippen molar-refractivity contribution in [3.63, 3.8) is 0 Å². The lowest BCUT2D eigenvalue weighted by atomic mass is 9.98. The van der Waals surface area contributed by atoms with Crippen LogP contribution in [0.2, 0.25) is 0 Å². The number of hydrogen-bond acceptors (Lipinski definition) is 3. The fourth-order valence-corrected chi connectivity index (χ4v) is 2.92. The van der Waals surface area contributed by atoms with E-state index in [1.54, 1.807) is 6.92 Å². The number of nitrogens with two attached hydrogens (primary N) is 1. The van der Waals surface area contributed by atoms with Crippen LogP contribution in [0.5, 0.6) is 0 Å². The van der Waals surface area contributed by atoms with Crippen molar-refractivity contribution in [3.05, 3.63) is 35.5 Å². The van der Waals surface area contributed by atoms with Crippen molar-refractivity contribution in [1.29, 1.82) is 0 Å². The van der Waals surface area contributed by atoms with Gasteiger partial charge in [0.2, 0.25) is 5.91 Å². The van der Waals surface area contributed by atoms with Gasteiger partial charge in [0.15, 0.2) is 0 Å². The van der Waals surface area contributed by atoms with Crippen molar-refractivity contribution >= 4 is 11.6 Å². The van der Waals surface area contributed by atoms with Gasteiger partial charge in [0.05, 0.1) is 11.4 Å². The van der Waals surface area contributed by atoms with Gasteiger partial charge >= 0.3 is 0 Å². The standard InChI is InChI=1S/C16H20N4O/c1-11(21)20-7-3-4-13-8-12(5-6-16(13)20)15-9-14(10-17)19(2)18-15/h5-6,8-9H,3-4,7,10,17H2,1-2H3. The molecule has 0 saturated heterocycles. The molecule has 1 aliphatic heterocycles. The Morgan fingerprint density at radius 3 is 2.86 bits per heavy atom. The zero-order valence-corrected chi connectivity index (χ0v) is 12.5. The lowest BCUT2D eigenvalue weighted by molar-refractivity contribution is -0.116. The first-order chi connectivity index (χ1) is 10.1. The van der Waals surface area contributed by atoms with Crippen LogP contribution >= 0.6 is 0 Å². The fraction of sp³-hybridized carbons (Fsp3) is 0.375. The van der Waals surface area contributed by atoms with Crippen LogP contribution in [0.1, 0.15) is 24.6 Å². The summed E-state index contributed by atoms with van der Waals surface area (Å²) in [6.07, 6.45) is 2.01. The largest absolute Gasteiger partial charge is 0.325 e. The number of anilines is 1. The zero-order chi connectivity index (χ0) is 15.0. The van der Waals surface area contributed by atoms with E-state index in [1.807, 2.05) is 34.8 Å². The smallest absolute Gasteiger partial charge is 0.223 e. The molecular formula is C16H20N4O. The number of nitrogens with zero attached hydrogens (tertiary/aromatic N) is 3. The zero-order valence-electron chi connectivity index (χ0n) is 12.5. The van der Waals surface area contributed by atoms with Gasteiger partial charge in [0.1, 0.15) is 0 Å². The van der Waals surface area contributed by atoms with Crippen LogP contribution < -0.4 is 10.6 Å². The lowest BCUT2D eigenvalue weighted by Crippen LogP contribution is -2.33. The second-order valence-corrected chi connectivity index (χ2v) is 5.47. The molecule has 0 atom stereocenters. The van der Waals surface area contributed by atoms with E-state index in [9.17, 15) is 4.79 Å². The first-order valence-corrected chi connectivity index (χ1v) is 7.24. The minimum atomic E-state index is 0.104. The maximum atomic E-state index is 11.7. The number of amides is 1. The molecule has 0 spiro atoms. The second kappa shape index (κ2) is 5.33. The van der Waals surface area contributed by atoms with Gasteiger partial charge < -0.3 is 10.6 Å². The molecule has 0 aliphatic carbocycles. The number of fused-ring (bicyclic) bond motifs is 1.